The Morgan fingerprint density at radius 2 is 2.07 bits per heavy atom. The van der Waals surface area contributed by atoms with Crippen LogP contribution in [0.5, 0.6) is 5.88 Å². The standard InChI is InChI=1S/C19H17Cl2N3O3/c1-26-13-4-8(2-3-22-13)14-15(17-11-6-10(11)16(14)27-17)19(25)24-9-5-12(20)18(21)23-7-9/h2-5,7,10-11,14-17H,6H2,1H3,(H,24,25)/t10-,11+,14+,15-,16-,17+/m0/s1. The molecule has 1 N–H and O–H groups in total. The number of anilines is 1. The lowest BCUT2D eigenvalue weighted by atomic mass is 9.75. The second-order valence-corrected chi connectivity index (χ2v) is 8.06. The largest absolute Gasteiger partial charge is 0.481 e. The second-order valence-electron chi connectivity index (χ2n) is 7.30. The SMILES string of the molecule is COc1cc([C@H]2[C@H]3O[C@H]([C@@H]4C[C@@H]43)[C@H]2C(=O)Nc2cnc(Cl)c(Cl)c2)ccn1. The number of amides is 1. The number of aromatic nitrogens is 2. The number of carbonyl (C=O) groups is 1. The van der Waals surface area contributed by atoms with Gasteiger partial charge < -0.3 is 14.8 Å². The number of hydrogen-bond donors (Lipinski definition) is 1. The normalized spacial score (nSPS) is 32.9. The Bertz CT molecular complexity index is 925. The van der Waals surface area contributed by atoms with E-state index in [1.54, 1.807) is 19.4 Å². The number of halogens is 2. The molecule has 27 heavy (non-hydrogen) atoms. The first kappa shape index (κ1) is 17.2. The van der Waals surface area contributed by atoms with Gasteiger partial charge in [-0.2, -0.15) is 0 Å². The Morgan fingerprint density at radius 1 is 1.26 bits per heavy atom. The Labute approximate surface area is 166 Å². The number of nitrogens with one attached hydrogen (secondary N) is 1. The van der Waals surface area contributed by atoms with Gasteiger partial charge in [0.2, 0.25) is 11.8 Å². The van der Waals surface area contributed by atoms with Crippen molar-refractivity contribution in [3.05, 3.63) is 46.3 Å². The van der Waals surface area contributed by atoms with Crippen molar-refractivity contribution in [1.29, 1.82) is 0 Å². The van der Waals surface area contributed by atoms with E-state index in [1.165, 1.54) is 6.20 Å². The summed E-state index contributed by atoms with van der Waals surface area (Å²) < 4.78 is 11.5. The molecule has 0 aromatic carbocycles. The summed E-state index contributed by atoms with van der Waals surface area (Å²) in [5.41, 5.74) is 1.54. The van der Waals surface area contributed by atoms with Gasteiger partial charge in [-0.05, 0) is 36.0 Å². The number of hydrogen-bond acceptors (Lipinski definition) is 5. The lowest BCUT2D eigenvalue weighted by Gasteiger charge is -2.27. The predicted molar refractivity (Wildman–Crippen MR) is 100 cm³/mol. The van der Waals surface area contributed by atoms with E-state index in [9.17, 15) is 4.79 Å². The van der Waals surface area contributed by atoms with Crippen molar-refractivity contribution in [3.63, 3.8) is 0 Å². The topological polar surface area (TPSA) is 73.3 Å². The molecule has 2 saturated heterocycles. The van der Waals surface area contributed by atoms with Crippen molar-refractivity contribution in [2.45, 2.75) is 24.5 Å². The number of fused-ring (bicyclic) bond motifs is 5. The zero-order chi connectivity index (χ0) is 18.7. The lowest BCUT2D eigenvalue weighted by molar-refractivity contribution is -0.122. The summed E-state index contributed by atoms with van der Waals surface area (Å²) >= 11 is 11.9. The van der Waals surface area contributed by atoms with Crippen LogP contribution >= 0.6 is 23.2 Å². The molecule has 6 atom stereocenters. The summed E-state index contributed by atoms with van der Waals surface area (Å²) in [5, 5.41) is 3.44. The molecule has 3 fully saturated rings. The van der Waals surface area contributed by atoms with Gasteiger partial charge in [0, 0.05) is 18.2 Å². The van der Waals surface area contributed by atoms with E-state index >= 15 is 0 Å². The third kappa shape index (κ3) is 2.78. The fraction of sp³-hybridized carbons (Fsp3) is 0.421. The minimum Gasteiger partial charge on any atom is -0.481 e. The van der Waals surface area contributed by atoms with Crippen LogP contribution in [0, 0.1) is 17.8 Å². The van der Waals surface area contributed by atoms with Crippen LogP contribution < -0.4 is 10.1 Å². The van der Waals surface area contributed by atoms with Gasteiger partial charge in [0.05, 0.1) is 42.1 Å². The molecule has 8 heteroatoms. The molecule has 2 aliphatic heterocycles. The molecular formula is C19H17Cl2N3O3. The van der Waals surface area contributed by atoms with Crippen molar-refractivity contribution < 1.29 is 14.3 Å². The van der Waals surface area contributed by atoms with E-state index in [4.69, 9.17) is 32.7 Å². The lowest BCUT2D eigenvalue weighted by Crippen LogP contribution is -2.37. The van der Waals surface area contributed by atoms with Gasteiger partial charge in [-0.3, -0.25) is 4.79 Å². The zero-order valence-electron chi connectivity index (χ0n) is 14.4. The summed E-state index contributed by atoms with van der Waals surface area (Å²) in [4.78, 5) is 21.3. The first-order valence-corrected chi connectivity index (χ1v) is 9.59. The molecule has 4 heterocycles. The number of rotatable bonds is 4. The number of ether oxygens (including phenoxy) is 2. The van der Waals surface area contributed by atoms with E-state index in [-0.39, 0.29) is 35.1 Å². The number of pyridine rings is 2. The quantitative estimate of drug-likeness (QED) is 0.787. The van der Waals surface area contributed by atoms with Crippen LogP contribution in [0.1, 0.15) is 17.9 Å². The van der Waals surface area contributed by atoms with Gasteiger partial charge in [-0.15, -0.1) is 0 Å². The molecule has 6 nitrogen and oxygen atoms in total. The van der Waals surface area contributed by atoms with Crippen LogP contribution in [-0.2, 0) is 9.53 Å². The molecule has 3 aliphatic rings. The van der Waals surface area contributed by atoms with Gasteiger partial charge in [0.15, 0.2) is 0 Å². The number of carbonyl (C=O) groups excluding carboxylic acids is 1. The van der Waals surface area contributed by atoms with Gasteiger partial charge in [-0.1, -0.05) is 23.2 Å². The summed E-state index contributed by atoms with van der Waals surface area (Å²) in [6.45, 7) is 0. The smallest absolute Gasteiger partial charge is 0.230 e. The Balaban J connectivity index is 1.45. The molecule has 2 aromatic rings. The third-order valence-electron chi connectivity index (χ3n) is 5.86. The molecule has 0 unspecified atom stereocenters. The summed E-state index contributed by atoms with van der Waals surface area (Å²) in [6.07, 6.45) is 4.36. The fourth-order valence-electron chi connectivity index (χ4n) is 4.65. The number of nitrogens with zero attached hydrogens (tertiary/aromatic N) is 2. The van der Waals surface area contributed by atoms with E-state index in [0.29, 0.717) is 28.4 Å². The molecule has 2 bridgehead atoms. The van der Waals surface area contributed by atoms with E-state index in [0.717, 1.165) is 12.0 Å². The maximum absolute atomic E-state index is 13.2. The average molecular weight is 406 g/mol. The highest BCUT2D eigenvalue weighted by molar-refractivity contribution is 6.41. The Hall–Kier alpha value is -1.89. The highest BCUT2D eigenvalue weighted by Gasteiger charge is 2.68. The highest BCUT2D eigenvalue weighted by atomic mass is 35.5. The van der Waals surface area contributed by atoms with Crippen molar-refractivity contribution in [1.82, 2.24) is 9.97 Å². The van der Waals surface area contributed by atoms with Crippen LogP contribution in [0.2, 0.25) is 10.2 Å². The van der Waals surface area contributed by atoms with Crippen molar-refractivity contribution in [2.75, 3.05) is 12.4 Å². The first-order chi connectivity index (χ1) is 13.1. The predicted octanol–water partition coefficient (Wildman–Crippen LogP) is 3.55. The maximum atomic E-state index is 13.2. The molecule has 1 aliphatic carbocycles. The van der Waals surface area contributed by atoms with Crippen molar-refractivity contribution in [2.24, 2.45) is 17.8 Å². The van der Waals surface area contributed by atoms with Crippen molar-refractivity contribution in [3.8, 4) is 5.88 Å². The minimum absolute atomic E-state index is 0.0219. The van der Waals surface area contributed by atoms with E-state index in [2.05, 4.69) is 15.3 Å². The van der Waals surface area contributed by atoms with Crippen LogP contribution in [0.4, 0.5) is 5.69 Å². The van der Waals surface area contributed by atoms with Gasteiger partial charge in [-0.25, -0.2) is 9.97 Å². The molecule has 5 rings (SSSR count). The first-order valence-electron chi connectivity index (χ1n) is 8.84. The second kappa shape index (κ2) is 6.33. The molecule has 140 valence electrons. The summed E-state index contributed by atoms with van der Waals surface area (Å²) in [7, 11) is 1.59. The molecular weight excluding hydrogens is 389 g/mol. The Kier molecular flexibility index (Phi) is 4.04. The van der Waals surface area contributed by atoms with Crippen LogP contribution in [0.25, 0.3) is 0 Å². The molecule has 1 saturated carbocycles. The molecule has 2 aromatic heterocycles. The number of methoxy groups -OCH3 is 1. The van der Waals surface area contributed by atoms with E-state index in [1.807, 2.05) is 12.1 Å². The van der Waals surface area contributed by atoms with Crippen LogP contribution in [0.3, 0.4) is 0 Å². The summed E-state index contributed by atoms with van der Waals surface area (Å²) in [5.74, 6) is 1.18. The van der Waals surface area contributed by atoms with E-state index < -0.39 is 0 Å². The van der Waals surface area contributed by atoms with Gasteiger partial charge in [0.1, 0.15) is 5.15 Å². The van der Waals surface area contributed by atoms with Crippen molar-refractivity contribution >= 4 is 34.8 Å². The monoisotopic (exact) mass is 405 g/mol. The molecule has 0 radical (unpaired) electrons. The van der Waals surface area contributed by atoms with Crippen LogP contribution in [-0.4, -0.2) is 35.2 Å². The molecule has 0 spiro atoms. The third-order valence-corrected chi connectivity index (χ3v) is 6.55. The van der Waals surface area contributed by atoms with Gasteiger partial charge in [0.25, 0.3) is 0 Å². The van der Waals surface area contributed by atoms with Gasteiger partial charge >= 0.3 is 0 Å². The molecule has 1 amide bonds. The zero-order valence-corrected chi connectivity index (χ0v) is 15.9. The average Bonchev–Trinajstić information content (AvgIpc) is 3.29. The highest BCUT2D eigenvalue weighted by Crippen LogP contribution is 2.65. The minimum atomic E-state index is -0.277. The fourth-order valence-corrected chi connectivity index (χ4v) is 4.92. The Morgan fingerprint density at radius 3 is 2.85 bits per heavy atom. The van der Waals surface area contributed by atoms with Crippen LogP contribution in [0.15, 0.2) is 30.6 Å². The maximum Gasteiger partial charge on any atom is 0.230 e. The summed E-state index contributed by atoms with van der Waals surface area (Å²) in [6, 6.07) is 5.44.